The van der Waals surface area contributed by atoms with E-state index in [1.54, 1.807) is 18.5 Å². The number of fused-ring (bicyclic) bond motifs is 1. The highest BCUT2D eigenvalue weighted by Crippen LogP contribution is 2.46. The number of hydrogen-bond donors (Lipinski definition) is 0. The lowest BCUT2D eigenvalue weighted by Gasteiger charge is -2.40. The molecule has 21 heavy (non-hydrogen) atoms. The van der Waals surface area contributed by atoms with Gasteiger partial charge in [-0.15, -0.1) is 0 Å². The van der Waals surface area contributed by atoms with Crippen molar-refractivity contribution in [3.63, 3.8) is 0 Å². The average molecular weight is 285 g/mol. The van der Waals surface area contributed by atoms with Crippen molar-refractivity contribution in [1.29, 1.82) is 0 Å². The molecule has 0 N–H and O–H groups in total. The predicted molar refractivity (Wildman–Crippen MR) is 81.8 cm³/mol. The van der Waals surface area contributed by atoms with Gasteiger partial charge < -0.3 is 4.90 Å². The maximum Gasteiger partial charge on any atom is 0.139 e. The zero-order chi connectivity index (χ0) is 14.3. The highest BCUT2D eigenvalue weighted by Gasteiger charge is 2.37. The fraction of sp³-hybridized carbons (Fsp3) is 0.529. The molecule has 1 saturated carbocycles. The average Bonchev–Trinajstić information content (AvgIpc) is 2.96. The number of halogens is 1. The van der Waals surface area contributed by atoms with E-state index in [9.17, 15) is 4.39 Å². The molecule has 1 saturated heterocycles. The second kappa shape index (κ2) is 4.93. The number of piperidine rings is 1. The molecule has 2 fully saturated rings. The molecule has 0 bridgehead atoms. The largest absolute Gasteiger partial charge is 0.356 e. The second-order valence-corrected chi connectivity index (χ2v) is 6.55. The smallest absolute Gasteiger partial charge is 0.139 e. The van der Waals surface area contributed by atoms with Gasteiger partial charge in [0.05, 0.1) is 5.52 Å². The molecule has 3 nitrogen and oxygen atoms in total. The number of rotatable bonds is 1. The summed E-state index contributed by atoms with van der Waals surface area (Å²) in [6, 6.07) is 4.76. The maximum absolute atomic E-state index is 13.6. The highest BCUT2D eigenvalue weighted by molar-refractivity contribution is 5.89. The molecule has 0 unspecified atom stereocenters. The predicted octanol–water partition coefficient (Wildman–Crippen LogP) is 3.93. The number of hydrogen-bond acceptors (Lipinski definition) is 3. The lowest BCUT2D eigenvalue weighted by molar-refractivity contribution is 0.226. The van der Waals surface area contributed by atoms with E-state index in [1.165, 1.54) is 44.6 Å². The minimum Gasteiger partial charge on any atom is -0.356 e. The summed E-state index contributed by atoms with van der Waals surface area (Å²) >= 11 is 0. The van der Waals surface area contributed by atoms with Crippen LogP contribution in [0.15, 0.2) is 24.5 Å². The van der Waals surface area contributed by atoms with Gasteiger partial charge in [0, 0.05) is 18.5 Å². The maximum atomic E-state index is 13.6. The summed E-state index contributed by atoms with van der Waals surface area (Å²) in [6.07, 6.45) is 9.64. The Bertz CT molecular complexity index is 654. The zero-order valence-corrected chi connectivity index (χ0v) is 12.2. The first-order valence-corrected chi connectivity index (χ1v) is 7.91. The Morgan fingerprint density at radius 2 is 1.76 bits per heavy atom. The summed E-state index contributed by atoms with van der Waals surface area (Å²) in [7, 11) is 0. The van der Waals surface area contributed by atoms with E-state index in [4.69, 9.17) is 0 Å². The summed E-state index contributed by atoms with van der Waals surface area (Å²) in [5, 5.41) is 0.833. The molecular formula is C17H20FN3. The van der Waals surface area contributed by atoms with Crippen molar-refractivity contribution in [2.45, 2.75) is 38.5 Å². The first kappa shape index (κ1) is 13.0. The molecule has 0 radical (unpaired) electrons. The Hall–Kier alpha value is -1.71. The fourth-order valence-electron chi connectivity index (χ4n) is 4.09. The van der Waals surface area contributed by atoms with Crippen molar-refractivity contribution in [2.75, 3.05) is 18.0 Å². The first-order valence-electron chi connectivity index (χ1n) is 7.91. The molecule has 4 rings (SSSR count). The van der Waals surface area contributed by atoms with Crippen molar-refractivity contribution in [3.8, 4) is 0 Å². The van der Waals surface area contributed by atoms with E-state index < -0.39 is 0 Å². The van der Waals surface area contributed by atoms with Crippen molar-refractivity contribution < 1.29 is 4.39 Å². The van der Waals surface area contributed by atoms with Crippen LogP contribution in [-0.2, 0) is 0 Å². The molecule has 1 aromatic heterocycles. The number of aromatic nitrogens is 2. The summed E-state index contributed by atoms with van der Waals surface area (Å²) in [5.41, 5.74) is 1.41. The molecule has 1 aliphatic heterocycles. The van der Waals surface area contributed by atoms with Crippen LogP contribution in [0.2, 0.25) is 0 Å². The van der Waals surface area contributed by atoms with Crippen LogP contribution in [0.5, 0.6) is 0 Å². The normalized spacial score (nSPS) is 21.3. The van der Waals surface area contributed by atoms with Gasteiger partial charge in [-0.2, -0.15) is 0 Å². The van der Waals surface area contributed by atoms with Gasteiger partial charge >= 0.3 is 0 Å². The van der Waals surface area contributed by atoms with E-state index in [0.717, 1.165) is 29.8 Å². The van der Waals surface area contributed by atoms with Gasteiger partial charge in [0.2, 0.25) is 0 Å². The van der Waals surface area contributed by atoms with E-state index in [-0.39, 0.29) is 5.82 Å². The Morgan fingerprint density at radius 3 is 2.52 bits per heavy atom. The Morgan fingerprint density at radius 1 is 1.00 bits per heavy atom. The first-order chi connectivity index (χ1) is 10.3. The van der Waals surface area contributed by atoms with Gasteiger partial charge in [-0.05, 0) is 49.3 Å². The van der Waals surface area contributed by atoms with Gasteiger partial charge in [0.15, 0.2) is 0 Å². The summed E-state index contributed by atoms with van der Waals surface area (Å²) in [5.74, 6) is 0.676. The summed E-state index contributed by atoms with van der Waals surface area (Å²) in [4.78, 5) is 11.0. The third-order valence-corrected chi connectivity index (χ3v) is 5.36. The van der Waals surface area contributed by atoms with Crippen LogP contribution < -0.4 is 4.90 Å². The lowest BCUT2D eigenvalue weighted by atomic mass is 9.77. The van der Waals surface area contributed by atoms with Crippen LogP contribution in [-0.4, -0.2) is 23.1 Å². The van der Waals surface area contributed by atoms with Gasteiger partial charge in [-0.1, -0.05) is 12.8 Å². The SMILES string of the molecule is Fc1ccc2ncnc(N3CCC4(CCCC4)CC3)c2c1. The molecule has 0 atom stereocenters. The number of anilines is 1. The Labute approximate surface area is 124 Å². The van der Waals surface area contributed by atoms with Crippen LogP contribution in [0.3, 0.4) is 0 Å². The van der Waals surface area contributed by atoms with E-state index in [0.29, 0.717) is 5.41 Å². The van der Waals surface area contributed by atoms with Crippen LogP contribution >= 0.6 is 0 Å². The lowest BCUT2D eigenvalue weighted by Crippen LogP contribution is -2.39. The van der Waals surface area contributed by atoms with Gasteiger partial charge in [-0.3, -0.25) is 0 Å². The van der Waals surface area contributed by atoms with Crippen LogP contribution in [0.1, 0.15) is 38.5 Å². The standard InChI is InChI=1S/C17H20FN3/c18-13-3-4-15-14(11-13)16(20-12-19-15)21-9-7-17(8-10-21)5-1-2-6-17/h3-4,11-12H,1-2,5-10H2. The quantitative estimate of drug-likeness (QED) is 0.795. The molecule has 0 amide bonds. The van der Waals surface area contributed by atoms with E-state index >= 15 is 0 Å². The van der Waals surface area contributed by atoms with E-state index in [1.807, 2.05) is 0 Å². The molecule has 2 aromatic rings. The monoisotopic (exact) mass is 285 g/mol. The van der Waals surface area contributed by atoms with Crippen molar-refractivity contribution in [1.82, 2.24) is 9.97 Å². The Balaban J connectivity index is 1.64. The molecule has 1 aromatic carbocycles. The van der Waals surface area contributed by atoms with Crippen LogP contribution in [0.25, 0.3) is 10.9 Å². The molecule has 110 valence electrons. The fourth-order valence-corrected chi connectivity index (χ4v) is 4.09. The van der Waals surface area contributed by atoms with Gasteiger partial charge in [0.1, 0.15) is 18.0 Å². The van der Waals surface area contributed by atoms with Crippen LogP contribution in [0.4, 0.5) is 10.2 Å². The van der Waals surface area contributed by atoms with Crippen LogP contribution in [0, 0.1) is 11.2 Å². The summed E-state index contributed by atoms with van der Waals surface area (Å²) < 4.78 is 13.6. The third kappa shape index (κ3) is 2.27. The van der Waals surface area contributed by atoms with Crippen molar-refractivity contribution in [3.05, 3.63) is 30.3 Å². The molecule has 1 aliphatic carbocycles. The second-order valence-electron chi connectivity index (χ2n) is 6.55. The molecule has 2 heterocycles. The van der Waals surface area contributed by atoms with Crippen molar-refractivity contribution >= 4 is 16.7 Å². The Kier molecular flexibility index (Phi) is 3.05. The van der Waals surface area contributed by atoms with Gasteiger partial charge in [-0.25, -0.2) is 14.4 Å². The van der Waals surface area contributed by atoms with Gasteiger partial charge in [0.25, 0.3) is 0 Å². The molecule has 4 heteroatoms. The highest BCUT2D eigenvalue weighted by atomic mass is 19.1. The number of nitrogens with zero attached hydrogens (tertiary/aromatic N) is 3. The molecule has 1 spiro atoms. The minimum atomic E-state index is -0.220. The van der Waals surface area contributed by atoms with Crippen molar-refractivity contribution in [2.24, 2.45) is 5.41 Å². The van der Waals surface area contributed by atoms with E-state index in [2.05, 4.69) is 14.9 Å². The third-order valence-electron chi connectivity index (χ3n) is 5.36. The summed E-state index contributed by atoms with van der Waals surface area (Å²) in [6.45, 7) is 2.06. The topological polar surface area (TPSA) is 29.0 Å². The zero-order valence-electron chi connectivity index (χ0n) is 12.2. The number of benzene rings is 1. The minimum absolute atomic E-state index is 0.220. The molecular weight excluding hydrogens is 265 g/mol. The molecule has 2 aliphatic rings.